The van der Waals surface area contributed by atoms with Crippen LogP contribution in [0.1, 0.15) is 30.6 Å². The van der Waals surface area contributed by atoms with Crippen molar-refractivity contribution < 1.29 is 14.1 Å². The largest absolute Gasteiger partial charge is 0.360 e. The van der Waals surface area contributed by atoms with Gasteiger partial charge in [0.25, 0.3) is 0 Å². The summed E-state index contributed by atoms with van der Waals surface area (Å²) in [5.74, 6) is 1.21. The average molecular weight is 370 g/mol. The molecular weight excluding hydrogens is 344 g/mol. The van der Waals surface area contributed by atoms with E-state index >= 15 is 0 Å². The lowest BCUT2D eigenvalue weighted by molar-refractivity contribution is -0.126. The average Bonchev–Trinajstić information content (AvgIpc) is 3.10. The molecule has 2 aromatic rings. The van der Waals surface area contributed by atoms with Crippen molar-refractivity contribution in [2.75, 3.05) is 25.0 Å². The number of anilines is 1. The third-order valence-electron chi connectivity index (χ3n) is 4.82. The molecule has 27 heavy (non-hydrogen) atoms. The van der Waals surface area contributed by atoms with Crippen LogP contribution in [0.25, 0.3) is 0 Å². The van der Waals surface area contributed by atoms with Gasteiger partial charge in [0.15, 0.2) is 5.82 Å². The Balaban J connectivity index is 1.33. The summed E-state index contributed by atoms with van der Waals surface area (Å²) < 4.78 is 4.93. The predicted molar refractivity (Wildman–Crippen MR) is 102 cm³/mol. The van der Waals surface area contributed by atoms with Crippen LogP contribution in [0.3, 0.4) is 0 Å². The fraction of sp³-hybridized carbons (Fsp3) is 0.450. The smallest absolute Gasteiger partial charge is 0.226 e. The number of hydrogen-bond acceptors (Lipinski definition) is 5. The zero-order chi connectivity index (χ0) is 19.1. The number of nitrogens with zero attached hydrogens (tertiary/aromatic N) is 2. The number of likely N-dealkylation sites (tertiary alicyclic amines) is 1. The molecule has 0 aliphatic carbocycles. The summed E-state index contributed by atoms with van der Waals surface area (Å²) in [5.41, 5.74) is 1.11. The number of nitrogens with one attached hydrogen (secondary N) is 2. The van der Waals surface area contributed by atoms with Crippen molar-refractivity contribution in [2.24, 2.45) is 5.92 Å². The van der Waals surface area contributed by atoms with Crippen molar-refractivity contribution in [3.8, 4) is 0 Å². The Morgan fingerprint density at radius 2 is 1.96 bits per heavy atom. The van der Waals surface area contributed by atoms with Gasteiger partial charge in [-0.2, -0.15) is 0 Å². The van der Waals surface area contributed by atoms with Gasteiger partial charge in [-0.25, -0.2) is 0 Å². The van der Waals surface area contributed by atoms with Crippen molar-refractivity contribution in [2.45, 2.75) is 32.7 Å². The molecule has 3 rings (SSSR count). The molecule has 2 heterocycles. The van der Waals surface area contributed by atoms with Gasteiger partial charge < -0.3 is 20.1 Å². The van der Waals surface area contributed by atoms with Crippen LogP contribution in [-0.2, 0) is 16.1 Å². The fourth-order valence-electron chi connectivity index (χ4n) is 3.24. The molecule has 2 amide bonds. The van der Waals surface area contributed by atoms with Crippen LogP contribution in [0.5, 0.6) is 0 Å². The second-order valence-corrected chi connectivity index (χ2v) is 6.94. The molecule has 1 aromatic carbocycles. The SMILES string of the molecule is Cc1cc(NC(=O)CCN2CCC(C(=O)NCc3ccccc3)CC2)no1. The molecule has 1 saturated heterocycles. The van der Waals surface area contributed by atoms with Gasteiger partial charge in [-0.3, -0.25) is 9.59 Å². The Morgan fingerprint density at radius 3 is 2.63 bits per heavy atom. The topological polar surface area (TPSA) is 87.5 Å². The molecule has 7 heteroatoms. The Morgan fingerprint density at radius 1 is 1.22 bits per heavy atom. The molecule has 1 fully saturated rings. The number of rotatable bonds is 7. The molecule has 7 nitrogen and oxygen atoms in total. The van der Waals surface area contributed by atoms with E-state index in [0.29, 0.717) is 31.1 Å². The molecule has 0 spiro atoms. The van der Waals surface area contributed by atoms with Crippen molar-refractivity contribution in [3.63, 3.8) is 0 Å². The van der Waals surface area contributed by atoms with Gasteiger partial charge in [0.2, 0.25) is 11.8 Å². The molecule has 0 saturated carbocycles. The zero-order valence-electron chi connectivity index (χ0n) is 15.6. The molecule has 0 unspecified atom stereocenters. The molecular formula is C20H26N4O3. The predicted octanol–water partition coefficient (Wildman–Crippen LogP) is 2.34. The maximum absolute atomic E-state index is 12.3. The van der Waals surface area contributed by atoms with Crippen LogP contribution >= 0.6 is 0 Å². The van der Waals surface area contributed by atoms with Crippen molar-refractivity contribution >= 4 is 17.6 Å². The minimum Gasteiger partial charge on any atom is -0.360 e. The minimum absolute atomic E-state index is 0.0527. The van der Waals surface area contributed by atoms with E-state index in [1.807, 2.05) is 30.3 Å². The van der Waals surface area contributed by atoms with Gasteiger partial charge in [-0.15, -0.1) is 0 Å². The first-order chi connectivity index (χ1) is 13.1. The number of piperidine rings is 1. The van der Waals surface area contributed by atoms with Gasteiger partial charge in [0, 0.05) is 31.5 Å². The first kappa shape index (κ1) is 19.1. The molecule has 0 atom stereocenters. The number of hydrogen-bond donors (Lipinski definition) is 2. The summed E-state index contributed by atoms with van der Waals surface area (Å²) in [6.45, 7) is 4.70. The third-order valence-corrected chi connectivity index (χ3v) is 4.82. The molecule has 1 aromatic heterocycles. The summed E-state index contributed by atoms with van der Waals surface area (Å²) in [6, 6.07) is 11.6. The summed E-state index contributed by atoms with van der Waals surface area (Å²) in [4.78, 5) is 26.5. The first-order valence-electron chi connectivity index (χ1n) is 9.37. The maximum Gasteiger partial charge on any atom is 0.226 e. The van der Waals surface area contributed by atoms with E-state index in [1.165, 1.54) is 0 Å². The summed E-state index contributed by atoms with van der Waals surface area (Å²) >= 11 is 0. The van der Waals surface area contributed by atoms with Gasteiger partial charge >= 0.3 is 0 Å². The van der Waals surface area contributed by atoms with Crippen LogP contribution in [0.15, 0.2) is 40.9 Å². The van der Waals surface area contributed by atoms with Crippen molar-refractivity contribution in [3.05, 3.63) is 47.7 Å². The molecule has 1 aliphatic heterocycles. The summed E-state index contributed by atoms with van der Waals surface area (Å²) in [7, 11) is 0. The highest BCUT2D eigenvalue weighted by Gasteiger charge is 2.25. The quantitative estimate of drug-likeness (QED) is 0.781. The second-order valence-electron chi connectivity index (χ2n) is 6.94. The van der Waals surface area contributed by atoms with Gasteiger partial charge in [-0.05, 0) is 38.4 Å². The molecule has 144 valence electrons. The Hall–Kier alpha value is -2.67. The lowest BCUT2D eigenvalue weighted by Gasteiger charge is -2.31. The lowest BCUT2D eigenvalue weighted by atomic mass is 9.95. The molecule has 2 N–H and O–H groups in total. The van der Waals surface area contributed by atoms with E-state index in [-0.39, 0.29) is 17.7 Å². The number of carbonyl (C=O) groups is 2. The number of carbonyl (C=O) groups excluding carboxylic acids is 2. The molecule has 0 bridgehead atoms. The Bertz CT molecular complexity index is 752. The Kier molecular flexibility index (Phi) is 6.59. The molecule has 0 radical (unpaired) electrons. The number of benzene rings is 1. The van der Waals surface area contributed by atoms with Crippen molar-refractivity contribution in [1.29, 1.82) is 0 Å². The van der Waals surface area contributed by atoms with E-state index < -0.39 is 0 Å². The van der Waals surface area contributed by atoms with Gasteiger partial charge in [-0.1, -0.05) is 35.5 Å². The van der Waals surface area contributed by atoms with Crippen LogP contribution in [0.2, 0.25) is 0 Å². The van der Waals surface area contributed by atoms with E-state index in [4.69, 9.17) is 4.52 Å². The van der Waals surface area contributed by atoms with E-state index in [1.54, 1.807) is 13.0 Å². The Labute approximate surface area is 159 Å². The number of aryl methyl sites for hydroxylation is 1. The van der Waals surface area contributed by atoms with Crippen LogP contribution in [0.4, 0.5) is 5.82 Å². The highest BCUT2D eigenvalue weighted by atomic mass is 16.5. The van der Waals surface area contributed by atoms with Crippen LogP contribution in [0, 0.1) is 12.8 Å². The fourth-order valence-corrected chi connectivity index (χ4v) is 3.24. The van der Waals surface area contributed by atoms with E-state index in [0.717, 1.165) is 31.5 Å². The number of aromatic nitrogens is 1. The normalized spacial score (nSPS) is 15.4. The van der Waals surface area contributed by atoms with E-state index in [9.17, 15) is 9.59 Å². The minimum atomic E-state index is -0.0778. The standard InChI is InChI=1S/C20H26N4O3/c1-15-13-18(23-27-15)22-19(25)9-12-24-10-7-17(8-11-24)20(26)21-14-16-5-3-2-4-6-16/h2-6,13,17H,7-12,14H2,1H3,(H,21,26)(H,22,23,25). The first-order valence-corrected chi connectivity index (χ1v) is 9.37. The lowest BCUT2D eigenvalue weighted by Crippen LogP contribution is -2.41. The number of amides is 2. The van der Waals surface area contributed by atoms with Crippen LogP contribution in [-0.4, -0.2) is 41.5 Å². The third kappa shape index (κ3) is 5.92. The van der Waals surface area contributed by atoms with Crippen LogP contribution < -0.4 is 10.6 Å². The zero-order valence-corrected chi connectivity index (χ0v) is 15.6. The second kappa shape index (κ2) is 9.32. The highest BCUT2D eigenvalue weighted by Crippen LogP contribution is 2.18. The summed E-state index contributed by atoms with van der Waals surface area (Å²) in [6.07, 6.45) is 2.05. The summed E-state index contributed by atoms with van der Waals surface area (Å²) in [5, 5.41) is 9.51. The van der Waals surface area contributed by atoms with E-state index in [2.05, 4.69) is 20.7 Å². The van der Waals surface area contributed by atoms with Crippen molar-refractivity contribution in [1.82, 2.24) is 15.4 Å². The molecule has 1 aliphatic rings. The maximum atomic E-state index is 12.3. The van der Waals surface area contributed by atoms with Gasteiger partial charge in [0.05, 0.1) is 0 Å². The van der Waals surface area contributed by atoms with Gasteiger partial charge in [0.1, 0.15) is 5.76 Å². The monoisotopic (exact) mass is 370 g/mol. The highest BCUT2D eigenvalue weighted by molar-refractivity contribution is 5.89.